The second kappa shape index (κ2) is 4.19. The minimum atomic E-state index is -4.71. The van der Waals surface area contributed by atoms with E-state index in [4.69, 9.17) is 5.73 Å². The molecule has 1 saturated heterocycles. The third-order valence-electron chi connectivity index (χ3n) is 2.77. The molecule has 19 heavy (non-hydrogen) atoms. The number of halogens is 3. The third kappa shape index (κ3) is 2.01. The van der Waals surface area contributed by atoms with E-state index < -0.39 is 41.5 Å². The number of amides is 3. The van der Waals surface area contributed by atoms with E-state index in [0.29, 0.717) is 0 Å². The van der Waals surface area contributed by atoms with Crippen LogP contribution in [0.5, 0.6) is 0 Å². The first-order valence-corrected chi connectivity index (χ1v) is 5.17. The zero-order valence-electron chi connectivity index (χ0n) is 9.41. The molecule has 2 rings (SSSR count). The number of pyridine rings is 1. The highest BCUT2D eigenvalue weighted by Gasteiger charge is 2.52. The maximum absolute atomic E-state index is 12.9. The van der Waals surface area contributed by atoms with Gasteiger partial charge < -0.3 is 11.1 Å². The molecule has 0 spiro atoms. The zero-order chi connectivity index (χ0) is 14.3. The number of imide groups is 1. The number of hydrogen-bond acceptors (Lipinski definition) is 4. The van der Waals surface area contributed by atoms with Crippen LogP contribution in [0, 0.1) is 0 Å². The molecule has 1 aliphatic heterocycles. The number of nitrogens with one attached hydrogen (secondary N) is 2. The van der Waals surface area contributed by atoms with Crippen molar-refractivity contribution in [3.05, 3.63) is 29.6 Å². The molecule has 1 fully saturated rings. The summed E-state index contributed by atoms with van der Waals surface area (Å²) < 4.78 is 38.7. The lowest BCUT2D eigenvalue weighted by atomic mass is 9.91. The lowest BCUT2D eigenvalue weighted by Crippen LogP contribution is -2.51. The number of aromatic nitrogens is 1. The van der Waals surface area contributed by atoms with Crippen molar-refractivity contribution in [3.8, 4) is 0 Å². The first-order chi connectivity index (χ1) is 8.81. The molecule has 0 aliphatic carbocycles. The van der Waals surface area contributed by atoms with Crippen molar-refractivity contribution in [3.63, 3.8) is 0 Å². The lowest BCUT2D eigenvalue weighted by Gasteiger charge is -2.26. The Morgan fingerprint density at radius 2 is 2.05 bits per heavy atom. The molecule has 102 valence electrons. The SMILES string of the molecule is NCC1(c2ncccc2C(F)(F)F)NC(=O)NC1=O. The smallest absolute Gasteiger partial charge is 0.327 e. The third-order valence-corrected chi connectivity index (χ3v) is 2.77. The molecule has 2 heterocycles. The van der Waals surface area contributed by atoms with Gasteiger partial charge in [-0.15, -0.1) is 0 Å². The van der Waals surface area contributed by atoms with Gasteiger partial charge in [0, 0.05) is 12.7 Å². The molecular weight excluding hydrogens is 265 g/mol. The minimum absolute atomic E-state index is 0.537. The van der Waals surface area contributed by atoms with Crippen molar-refractivity contribution in [2.75, 3.05) is 6.54 Å². The summed E-state index contributed by atoms with van der Waals surface area (Å²) in [7, 11) is 0. The molecule has 1 aliphatic rings. The van der Waals surface area contributed by atoms with Crippen LogP contribution in [-0.2, 0) is 16.5 Å². The molecule has 0 aromatic carbocycles. The molecule has 0 bridgehead atoms. The van der Waals surface area contributed by atoms with Gasteiger partial charge >= 0.3 is 12.2 Å². The maximum Gasteiger partial charge on any atom is 0.418 e. The van der Waals surface area contributed by atoms with Crippen molar-refractivity contribution in [2.24, 2.45) is 5.73 Å². The van der Waals surface area contributed by atoms with E-state index in [0.717, 1.165) is 18.3 Å². The fourth-order valence-corrected chi connectivity index (χ4v) is 1.87. The highest BCUT2D eigenvalue weighted by molar-refractivity contribution is 6.07. The largest absolute Gasteiger partial charge is 0.418 e. The summed E-state index contributed by atoms with van der Waals surface area (Å²) in [6, 6.07) is 0.956. The van der Waals surface area contributed by atoms with E-state index >= 15 is 0 Å². The van der Waals surface area contributed by atoms with E-state index in [9.17, 15) is 22.8 Å². The van der Waals surface area contributed by atoms with Crippen molar-refractivity contribution in [1.29, 1.82) is 0 Å². The summed E-state index contributed by atoms with van der Waals surface area (Å²) in [6.07, 6.45) is -3.61. The Balaban J connectivity index is 2.63. The Bertz CT molecular complexity index is 546. The van der Waals surface area contributed by atoms with Gasteiger partial charge in [0.1, 0.15) is 0 Å². The van der Waals surface area contributed by atoms with Gasteiger partial charge in [-0.25, -0.2) is 4.79 Å². The summed E-state index contributed by atoms with van der Waals surface area (Å²) in [5.74, 6) is -0.954. The molecule has 0 radical (unpaired) electrons. The minimum Gasteiger partial charge on any atom is -0.327 e. The number of carbonyl (C=O) groups excluding carboxylic acids is 2. The van der Waals surface area contributed by atoms with Crippen molar-refractivity contribution in [1.82, 2.24) is 15.6 Å². The number of urea groups is 1. The van der Waals surface area contributed by atoms with Gasteiger partial charge in [-0.3, -0.25) is 15.1 Å². The molecule has 6 nitrogen and oxygen atoms in total. The molecule has 0 saturated carbocycles. The average Bonchev–Trinajstić information content (AvgIpc) is 2.64. The van der Waals surface area contributed by atoms with Gasteiger partial charge in [-0.2, -0.15) is 13.2 Å². The fourth-order valence-electron chi connectivity index (χ4n) is 1.87. The summed E-state index contributed by atoms with van der Waals surface area (Å²) in [5, 5.41) is 3.97. The number of nitrogens with two attached hydrogens (primary N) is 1. The van der Waals surface area contributed by atoms with Crippen LogP contribution in [0.4, 0.5) is 18.0 Å². The van der Waals surface area contributed by atoms with Crippen LogP contribution in [-0.4, -0.2) is 23.5 Å². The number of hydrogen-bond donors (Lipinski definition) is 3. The zero-order valence-corrected chi connectivity index (χ0v) is 9.41. The predicted molar refractivity (Wildman–Crippen MR) is 56.6 cm³/mol. The Labute approximate surface area is 105 Å². The predicted octanol–water partition coefficient (Wildman–Crippen LogP) is 0.0938. The number of carbonyl (C=O) groups is 2. The Morgan fingerprint density at radius 1 is 1.37 bits per heavy atom. The summed E-state index contributed by atoms with van der Waals surface area (Å²) in [6.45, 7) is -0.537. The Kier molecular flexibility index (Phi) is 2.93. The molecule has 4 N–H and O–H groups in total. The van der Waals surface area contributed by atoms with Gasteiger partial charge in [0.25, 0.3) is 5.91 Å². The van der Waals surface area contributed by atoms with Gasteiger partial charge in [0.15, 0.2) is 5.54 Å². The van der Waals surface area contributed by atoms with Crippen LogP contribution in [0.2, 0.25) is 0 Å². The van der Waals surface area contributed by atoms with Crippen LogP contribution >= 0.6 is 0 Å². The van der Waals surface area contributed by atoms with Gasteiger partial charge in [-0.05, 0) is 12.1 Å². The quantitative estimate of drug-likeness (QED) is 0.666. The maximum atomic E-state index is 12.9. The van der Waals surface area contributed by atoms with Gasteiger partial charge in [-0.1, -0.05) is 0 Å². The average molecular weight is 274 g/mol. The lowest BCUT2D eigenvalue weighted by molar-refractivity contribution is -0.139. The number of rotatable bonds is 2. The number of alkyl halides is 3. The first kappa shape index (κ1) is 13.3. The number of nitrogens with zero attached hydrogens (tertiary/aromatic N) is 1. The highest BCUT2D eigenvalue weighted by Crippen LogP contribution is 2.36. The van der Waals surface area contributed by atoms with E-state index in [1.165, 1.54) is 0 Å². The fraction of sp³-hybridized carbons (Fsp3) is 0.300. The van der Waals surface area contributed by atoms with Gasteiger partial charge in [0.2, 0.25) is 0 Å². The van der Waals surface area contributed by atoms with Crippen LogP contribution in [0.25, 0.3) is 0 Å². The second-order valence-electron chi connectivity index (χ2n) is 3.92. The van der Waals surface area contributed by atoms with E-state index in [1.54, 1.807) is 0 Å². The van der Waals surface area contributed by atoms with E-state index in [-0.39, 0.29) is 0 Å². The van der Waals surface area contributed by atoms with Crippen molar-refractivity contribution in [2.45, 2.75) is 11.7 Å². The first-order valence-electron chi connectivity index (χ1n) is 5.17. The normalized spacial score (nSPS) is 23.2. The van der Waals surface area contributed by atoms with Crippen LogP contribution in [0.3, 0.4) is 0 Å². The van der Waals surface area contributed by atoms with Crippen LogP contribution < -0.4 is 16.4 Å². The topological polar surface area (TPSA) is 97.1 Å². The van der Waals surface area contributed by atoms with E-state index in [2.05, 4.69) is 10.3 Å². The Morgan fingerprint density at radius 3 is 2.53 bits per heavy atom. The van der Waals surface area contributed by atoms with Crippen LogP contribution in [0.15, 0.2) is 18.3 Å². The molecular formula is C10H9F3N4O2. The Hall–Kier alpha value is -2.16. The standard InChI is InChI=1S/C10H9F3N4O2/c11-10(12,13)5-2-1-3-15-6(5)9(4-14)7(18)16-8(19)17-9/h1-3H,4,14H2,(H2,16,17,18,19). The summed E-state index contributed by atoms with van der Waals surface area (Å²) >= 11 is 0. The second-order valence-corrected chi connectivity index (χ2v) is 3.92. The molecule has 1 aromatic heterocycles. The van der Waals surface area contributed by atoms with Gasteiger partial charge in [0.05, 0.1) is 11.3 Å². The molecule has 9 heteroatoms. The van der Waals surface area contributed by atoms with Crippen molar-refractivity contribution >= 4 is 11.9 Å². The summed E-state index contributed by atoms with van der Waals surface area (Å²) in [4.78, 5) is 26.5. The van der Waals surface area contributed by atoms with Crippen molar-refractivity contribution < 1.29 is 22.8 Å². The summed E-state index contributed by atoms with van der Waals surface area (Å²) in [5.41, 5.74) is 1.66. The molecule has 3 amide bonds. The van der Waals surface area contributed by atoms with E-state index in [1.807, 2.05) is 5.32 Å². The molecule has 1 aromatic rings. The molecule has 1 atom stereocenters. The monoisotopic (exact) mass is 274 g/mol. The molecule has 1 unspecified atom stereocenters. The van der Waals surface area contributed by atoms with Crippen LogP contribution in [0.1, 0.15) is 11.3 Å². The highest BCUT2D eigenvalue weighted by atomic mass is 19.4.